The molecule has 0 spiro atoms. The van der Waals surface area contributed by atoms with Crippen LogP contribution in [-0.2, 0) is 4.79 Å². The number of thioether (sulfide) groups is 1. The summed E-state index contributed by atoms with van der Waals surface area (Å²) in [6.45, 7) is 4.78. The summed E-state index contributed by atoms with van der Waals surface area (Å²) in [6, 6.07) is 15.3. The van der Waals surface area contributed by atoms with Crippen molar-refractivity contribution in [1.82, 2.24) is 5.01 Å². The number of aryl methyl sites for hydroxylation is 2. The van der Waals surface area contributed by atoms with E-state index in [0.717, 1.165) is 26.8 Å². The maximum atomic E-state index is 12.7. The molecule has 2 aromatic carbocycles. The van der Waals surface area contributed by atoms with Crippen LogP contribution in [-0.4, -0.2) is 47.3 Å². The van der Waals surface area contributed by atoms with Crippen LogP contribution in [0.3, 0.4) is 0 Å². The Morgan fingerprint density at radius 2 is 1.81 bits per heavy atom. The molecule has 10 heteroatoms. The molecule has 0 saturated heterocycles. The van der Waals surface area contributed by atoms with Gasteiger partial charge in [-0.2, -0.15) is 15.1 Å². The Morgan fingerprint density at radius 3 is 2.54 bits per heavy atom. The number of nitrogens with one attached hydrogen (secondary N) is 1. The lowest BCUT2D eigenvalue weighted by Crippen LogP contribution is -2.35. The van der Waals surface area contributed by atoms with Crippen molar-refractivity contribution >= 4 is 51.1 Å². The van der Waals surface area contributed by atoms with Crippen molar-refractivity contribution in [3.8, 4) is 17.2 Å². The molecular formula is C27H24N4O4S2. The number of benzene rings is 2. The van der Waals surface area contributed by atoms with Crippen LogP contribution in [0.1, 0.15) is 21.6 Å². The molecule has 0 bridgehead atoms. The van der Waals surface area contributed by atoms with Crippen molar-refractivity contribution in [1.29, 1.82) is 5.41 Å². The van der Waals surface area contributed by atoms with Crippen molar-refractivity contribution in [3.05, 3.63) is 81.1 Å². The van der Waals surface area contributed by atoms with Gasteiger partial charge in [0.25, 0.3) is 5.91 Å². The molecule has 0 aliphatic carbocycles. The number of ether oxygens (including phenoxy) is 3. The van der Waals surface area contributed by atoms with E-state index in [1.807, 2.05) is 43.5 Å². The van der Waals surface area contributed by atoms with E-state index in [4.69, 9.17) is 19.6 Å². The minimum absolute atomic E-state index is 0.0168. The quantitative estimate of drug-likeness (QED) is 0.304. The predicted molar refractivity (Wildman–Crippen MR) is 148 cm³/mol. The van der Waals surface area contributed by atoms with Crippen molar-refractivity contribution in [2.45, 2.75) is 13.8 Å². The molecule has 188 valence electrons. The molecule has 0 atom stereocenters. The van der Waals surface area contributed by atoms with Gasteiger partial charge in [0.05, 0.1) is 17.6 Å². The monoisotopic (exact) mass is 532 g/mol. The Hall–Kier alpha value is -3.89. The van der Waals surface area contributed by atoms with Crippen LogP contribution in [0.4, 0.5) is 0 Å². The van der Waals surface area contributed by atoms with Crippen LogP contribution in [0.5, 0.6) is 17.2 Å². The van der Waals surface area contributed by atoms with Crippen molar-refractivity contribution in [2.75, 3.05) is 20.3 Å². The lowest BCUT2D eigenvalue weighted by Gasteiger charge is -2.20. The fourth-order valence-corrected chi connectivity index (χ4v) is 5.56. The number of amidine groups is 2. The molecule has 1 aromatic heterocycles. The zero-order chi connectivity index (χ0) is 25.9. The van der Waals surface area contributed by atoms with Gasteiger partial charge in [0.2, 0.25) is 5.17 Å². The molecule has 0 radical (unpaired) electrons. The van der Waals surface area contributed by atoms with Gasteiger partial charge in [-0.05, 0) is 84.1 Å². The van der Waals surface area contributed by atoms with Gasteiger partial charge in [-0.1, -0.05) is 18.2 Å². The minimum atomic E-state index is -0.478. The number of aliphatic imine (C=N–C) groups is 1. The Labute approximate surface area is 222 Å². The first kappa shape index (κ1) is 24.8. The summed E-state index contributed by atoms with van der Waals surface area (Å²) in [4.78, 5) is 17.9. The van der Waals surface area contributed by atoms with E-state index in [0.29, 0.717) is 35.4 Å². The summed E-state index contributed by atoms with van der Waals surface area (Å²) in [5.74, 6) is 1.38. The number of hydrazone groups is 1. The van der Waals surface area contributed by atoms with Gasteiger partial charge in [-0.3, -0.25) is 10.2 Å². The molecule has 3 heterocycles. The third-order valence-corrected chi connectivity index (χ3v) is 7.44. The van der Waals surface area contributed by atoms with Crippen LogP contribution < -0.4 is 14.2 Å². The summed E-state index contributed by atoms with van der Waals surface area (Å²) in [7, 11) is 1.55. The number of amides is 1. The van der Waals surface area contributed by atoms with E-state index in [1.54, 1.807) is 42.7 Å². The zero-order valence-electron chi connectivity index (χ0n) is 20.5. The van der Waals surface area contributed by atoms with Crippen molar-refractivity contribution < 1.29 is 19.0 Å². The highest BCUT2D eigenvalue weighted by Gasteiger charge is 2.36. The number of carbonyl (C=O) groups is 1. The van der Waals surface area contributed by atoms with Gasteiger partial charge in [0, 0.05) is 0 Å². The summed E-state index contributed by atoms with van der Waals surface area (Å²) in [6.07, 6.45) is 1.61. The molecular weight excluding hydrogens is 508 g/mol. The molecule has 0 unspecified atom stereocenters. The SMILES string of the molecule is COc1cc(/C=C2/C(=N)N3N=C(c4cccs4)SC3=NC2=O)ccc1OCCOc1cc(C)cc(C)c1. The molecule has 3 aromatic rings. The average Bonchev–Trinajstić information content (AvgIpc) is 3.54. The Morgan fingerprint density at radius 1 is 1.03 bits per heavy atom. The molecule has 37 heavy (non-hydrogen) atoms. The fraction of sp³-hybridized carbons (Fsp3) is 0.185. The first-order valence-electron chi connectivity index (χ1n) is 11.5. The van der Waals surface area contributed by atoms with Crippen LogP contribution in [0.25, 0.3) is 6.08 Å². The minimum Gasteiger partial charge on any atom is -0.493 e. The molecule has 8 nitrogen and oxygen atoms in total. The molecule has 2 aliphatic heterocycles. The lowest BCUT2D eigenvalue weighted by molar-refractivity contribution is -0.114. The zero-order valence-corrected chi connectivity index (χ0v) is 22.1. The molecule has 1 N–H and O–H groups in total. The second kappa shape index (κ2) is 10.6. The number of methoxy groups -OCH3 is 1. The topological polar surface area (TPSA) is 96.6 Å². The van der Waals surface area contributed by atoms with Crippen molar-refractivity contribution in [3.63, 3.8) is 0 Å². The summed E-state index contributed by atoms with van der Waals surface area (Å²) < 4.78 is 17.2. The summed E-state index contributed by atoms with van der Waals surface area (Å²) >= 11 is 2.83. The average molecular weight is 533 g/mol. The number of rotatable bonds is 8. The van der Waals surface area contributed by atoms with Crippen LogP contribution in [0.2, 0.25) is 0 Å². The second-order valence-electron chi connectivity index (χ2n) is 8.33. The van der Waals surface area contributed by atoms with Crippen LogP contribution in [0, 0.1) is 19.3 Å². The van der Waals surface area contributed by atoms with E-state index in [1.165, 1.54) is 16.8 Å². The van der Waals surface area contributed by atoms with Gasteiger partial charge >= 0.3 is 0 Å². The van der Waals surface area contributed by atoms with Gasteiger partial charge in [0.1, 0.15) is 24.0 Å². The number of nitrogens with zero attached hydrogens (tertiary/aromatic N) is 3. The molecule has 1 amide bonds. The molecule has 0 saturated carbocycles. The number of carbonyl (C=O) groups excluding carboxylic acids is 1. The third kappa shape index (κ3) is 5.45. The first-order valence-corrected chi connectivity index (χ1v) is 13.2. The normalized spacial score (nSPS) is 16.0. The van der Waals surface area contributed by atoms with Crippen LogP contribution >= 0.6 is 23.1 Å². The maximum absolute atomic E-state index is 12.7. The largest absolute Gasteiger partial charge is 0.493 e. The Kier molecular flexibility index (Phi) is 7.11. The Balaban J connectivity index is 1.27. The van der Waals surface area contributed by atoms with Crippen molar-refractivity contribution in [2.24, 2.45) is 10.1 Å². The van der Waals surface area contributed by atoms with Crippen LogP contribution in [0.15, 0.2) is 69.6 Å². The van der Waals surface area contributed by atoms with E-state index in [2.05, 4.69) is 16.2 Å². The third-order valence-electron chi connectivity index (χ3n) is 5.49. The highest BCUT2D eigenvalue weighted by molar-refractivity contribution is 8.27. The number of fused-ring (bicyclic) bond motifs is 1. The summed E-state index contributed by atoms with van der Waals surface area (Å²) in [5, 5.41) is 17.6. The number of hydrogen-bond donors (Lipinski definition) is 1. The Bertz CT molecular complexity index is 1440. The van der Waals surface area contributed by atoms with Gasteiger partial charge < -0.3 is 14.2 Å². The molecule has 0 fully saturated rings. The van der Waals surface area contributed by atoms with Gasteiger partial charge in [-0.15, -0.1) is 11.3 Å². The van der Waals surface area contributed by atoms with E-state index >= 15 is 0 Å². The van der Waals surface area contributed by atoms with Gasteiger partial charge in [-0.25, -0.2) is 0 Å². The predicted octanol–water partition coefficient (Wildman–Crippen LogP) is 5.50. The smallest absolute Gasteiger partial charge is 0.283 e. The lowest BCUT2D eigenvalue weighted by atomic mass is 10.1. The highest BCUT2D eigenvalue weighted by Crippen LogP contribution is 2.33. The molecule has 2 aliphatic rings. The molecule has 5 rings (SSSR count). The number of thiophene rings is 1. The fourth-order valence-electron chi connectivity index (χ4n) is 3.88. The standard InChI is InChI=1S/C27H24N4O4S2/c1-16-11-17(2)13-19(12-16)34-8-9-35-21-7-6-18(15-22(21)33-3)14-20-24(28)31-27(29-25(20)32)37-26(30-31)23-5-4-10-36-23/h4-7,10-15,28H,8-9H2,1-3H3/b20-14-,28-24?. The highest BCUT2D eigenvalue weighted by atomic mass is 32.2. The van der Waals surface area contributed by atoms with E-state index in [-0.39, 0.29) is 11.4 Å². The van der Waals surface area contributed by atoms with E-state index in [9.17, 15) is 4.79 Å². The first-order chi connectivity index (χ1) is 17.9. The van der Waals surface area contributed by atoms with Gasteiger partial charge in [0.15, 0.2) is 17.3 Å². The maximum Gasteiger partial charge on any atom is 0.283 e. The summed E-state index contributed by atoms with van der Waals surface area (Å²) in [5.41, 5.74) is 3.12. The number of hydrogen-bond acceptors (Lipinski definition) is 8. The van der Waals surface area contributed by atoms with E-state index < -0.39 is 5.91 Å². The second-order valence-corrected chi connectivity index (χ2v) is 10.2.